The molecule has 1 unspecified atom stereocenters. The fourth-order valence-electron chi connectivity index (χ4n) is 2.50. The first-order chi connectivity index (χ1) is 9.09. The lowest BCUT2D eigenvalue weighted by Crippen LogP contribution is -2.48. The molecule has 0 spiro atoms. The summed E-state index contributed by atoms with van der Waals surface area (Å²) in [7, 11) is 0. The molecule has 0 aromatic carbocycles. The maximum Gasteiger partial charge on any atom is 0.259 e. The van der Waals surface area contributed by atoms with Crippen molar-refractivity contribution in [2.75, 3.05) is 13.1 Å². The maximum absolute atomic E-state index is 12.5. The predicted octanol–water partition coefficient (Wildman–Crippen LogP) is 1.98. The first-order valence-electron chi connectivity index (χ1n) is 7.05. The Bertz CT molecular complexity index is 422. The van der Waals surface area contributed by atoms with Gasteiger partial charge in [0.1, 0.15) is 11.3 Å². The van der Waals surface area contributed by atoms with E-state index in [1.807, 2.05) is 18.7 Å². The number of piperidine rings is 1. The Kier molecular flexibility index (Phi) is 4.58. The standard InChI is InChI=1S/C14H23N3O2/c1-10(2)17(9-12-6-4-5-7-15-12)14(18)13-8-16-19-11(13)3/h8,10,12,15H,4-7,9H2,1-3H3. The average Bonchev–Trinajstić information content (AvgIpc) is 2.82. The average molecular weight is 265 g/mol. The minimum absolute atomic E-state index is 0.0149. The van der Waals surface area contributed by atoms with Crippen LogP contribution in [0.4, 0.5) is 0 Å². The number of aromatic nitrogens is 1. The van der Waals surface area contributed by atoms with Crippen LogP contribution in [0.5, 0.6) is 0 Å². The first kappa shape index (κ1) is 14.1. The van der Waals surface area contributed by atoms with Crippen LogP contribution in [0, 0.1) is 6.92 Å². The van der Waals surface area contributed by atoms with Gasteiger partial charge in [-0.1, -0.05) is 11.6 Å². The molecule has 0 aliphatic carbocycles. The second-order valence-corrected chi connectivity index (χ2v) is 5.49. The number of carbonyl (C=O) groups is 1. The molecule has 0 saturated carbocycles. The zero-order valence-electron chi connectivity index (χ0n) is 12.0. The fourth-order valence-corrected chi connectivity index (χ4v) is 2.50. The summed E-state index contributed by atoms with van der Waals surface area (Å²) in [6, 6.07) is 0.575. The molecule has 1 aromatic rings. The van der Waals surface area contributed by atoms with Crippen LogP contribution >= 0.6 is 0 Å². The van der Waals surface area contributed by atoms with Crippen LogP contribution in [0.3, 0.4) is 0 Å². The van der Waals surface area contributed by atoms with E-state index in [1.54, 1.807) is 6.92 Å². The van der Waals surface area contributed by atoms with E-state index in [1.165, 1.54) is 19.0 Å². The minimum atomic E-state index is 0.0149. The number of aryl methyl sites for hydroxylation is 1. The van der Waals surface area contributed by atoms with Gasteiger partial charge >= 0.3 is 0 Å². The van der Waals surface area contributed by atoms with Gasteiger partial charge in [0.15, 0.2) is 0 Å². The van der Waals surface area contributed by atoms with Crippen LogP contribution in [0.1, 0.15) is 49.2 Å². The maximum atomic E-state index is 12.5. The van der Waals surface area contributed by atoms with Crippen LogP contribution < -0.4 is 5.32 Å². The SMILES string of the molecule is Cc1oncc1C(=O)N(CC1CCCCN1)C(C)C. The molecular weight excluding hydrogens is 242 g/mol. The molecule has 1 aliphatic rings. The highest BCUT2D eigenvalue weighted by Gasteiger charge is 2.25. The van der Waals surface area contributed by atoms with Crippen molar-refractivity contribution in [3.63, 3.8) is 0 Å². The monoisotopic (exact) mass is 265 g/mol. The summed E-state index contributed by atoms with van der Waals surface area (Å²) in [6.07, 6.45) is 5.13. The van der Waals surface area contributed by atoms with Crippen molar-refractivity contribution >= 4 is 5.91 Å². The van der Waals surface area contributed by atoms with Crippen molar-refractivity contribution in [2.24, 2.45) is 0 Å². The second-order valence-electron chi connectivity index (χ2n) is 5.49. The quantitative estimate of drug-likeness (QED) is 0.904. The van der Waals surface area contributed by atoms with Crippen LogP contribution in [0.25, 0.3) is 0 Å². The van der Waals surface area contributed by atoms with Gasteiger partial charge in [0.05, 0.1) is 6.20 Å². The lowest BCUT2D eigenvalue weighted by Gasteiger charge is -2.33. The molecule has 2 heterocycles. The van der Waals surface area contributed by atoms with Gasteiger partial charge < -0.3 is 14.7 Å². The van der Waals surface area contributed by atoms with Crippen LogP contribution in [-0.4, -0.2) is 41.1 Å². The smallest absolute Gasteiger partial charge is 0.259 e. The summed E-state index contributed by atoms with van der Waals surface area (Å²) in [5, 5.41) is 7.18. The summed E-state index contributed by atoms with van der Waals surface area (Å²) >= 11 is 0. The van der Waals surface area contributed by atoms with Gasteiger partial charge in [-0.3, -0.25) is 4.79 Å². The molecule has 2 rings (SSSR count). The molecule has 1 aliphatic heterocycles. The molecule has 106 valence electrons. The normalized spacial score (nSPS) is 19.7. The highest BCUT2D eigenvalue weighted by atomic mass is 16.5. The summed E-state index contributed by atoms with van der Waals surface area (Å²) < 4.78 is 4.99. The molecule has 1 amide bonds. The van der Waals surface area contributed by atoms with E-state index >= 15 is 0 Å². The number of nitrogens with one attached hydrogen (secondary N) is 1. The van der Waals surface area contributed by atoms with Crippen molar-refractivity contribution in [3.05, 3.63) is 17.5 Å². The lowest BCUT2D eigenvalue weighted by molar-refractivity contribution is 0.0675. The molecule has 1 aromatic heterocycles. The highest BCUT2D eigenvalue weighted by Crippen LogP contribution is 2.15. The van der Waals surface area contributed by atoms with Gasteiger partial charge in [0, 0.05) is 18.6 Å². The Morgan fingerprint density at radius 3 is 2.89 bits per heavy atom. The van der Waals surface area contributed by atoms with Crippen molar-refractivity contribution in [1.82, 2.24) is 15.4 Å². The summed E-state index contributed by atoms with van der Waals surface area (Å²) in [6.45, 7) is 7.67. The number of rotatable bonds is 4. The third kappa shape index (κ3) is 3.35. The van der Waals surface area contributed by atoms with Gasteiger partial charge in [0.25, 0.3) is 5.91 Å². The van der Waals surface area contributed by atoms with Crippen molar-refractivity contribution in [3.8, 4) is 0 Å². The molecule has 0 radical (unpaired) electrons. The zero-order valence-corrected chi connectivity index (χ0v) is 12.0. The lowest BCUT2D eigenvalue weighted by atomic mass is 10.0. The fraction of sp³-hybridized carbons (Fsp3) is 0.714. The molecule has 0 bridgehead atoms. The highest BCUT2D eigenvalue weighted by molar-refractivity contribution is 5.95. The topological polar surface area (TPSA) is 58.4 Å². The molecular formula is C14H23N3O2. The number of hydrogen-bond donors (Lipinski definition) is 1. The van der Waals surface area contributed by atoms with Gasteiger partial charge in [-0.15, -0.1) is 0 Å². The van der Waals surface area contributed by atoms with E-state index in [-0.39, 0.29) is 11.9 Å². The molecule has 19 heavy (non-hydrogen) atoms. The summed E-state index contributed by atoms with van der Waals surface area (Å²) in [4.78, 5) is 14.4. The Morgan fingerprint density at radius 1 is 1.58 bits per heavy atom. The summed E-state index contributed by atoms with van der Waals surface area (Å²) in [5.74, 6) is 0.605. The van der Waals surface area contributed by atoms with E-state index in [2.05, 4.69) is 10.5 Å². The number of hydrogen-bond acceptors (Lipinski definition) is 4. The minimum Gasteiger partial charge on any atom is -0.361 e. The van der Waals surface area contributed by atoms with Crippen LogP contribution in [-0.2, 0) is 0 Å². The molecule has 1 N–H and O–H groups in total. The molecule has 1 fully saturated rings. The van der Waals surface area contributed by atoms with E-state index in [9.17, 15) is 4.79 Å². The third-order valence-corrected chi connectivity index (χ3v) is 3.69. The predicted molar refractivity (Wildman–Crippen MR) is 73.1 cm³/mol. The first-order valence-corrected chi connectivity index (χ1v) is 7.05. The molecule has 5 nitrogen and oxygen atoms in total. The largest absolute Gasteiger partial charge is 0.361 e. The van der Waals surface area contributed by atoms with Crippen molar-refractivity contribution < 1.29 is 9.32 Å². The van der Waals surface area contributed by atoms with E-state index in [4.69, 9.17) is 4.52 Å². The van der Waals surface area contributed by atoms with E-state index < -0.39 is 0 Å². The number of carbonyl (C=O) groups excluding carboxylic acids is 1. The van der Waals surface area contributed by atoms with Gasteiger partial charge in [-0.25, -0.2) is 0 Å². The van der Waals surface area contributed by atoms with Gasteiger partial charge in [-0.2, -0.15) is 0 Å². The van der Waals surface area contributed by atoms with Crippen LogP contribution in [0.2, 0.25) is 0 Å². The molecule has 1 atom stereocenters. The van der Waals surface area contributed by atoms with Crippen molar-refractivity contribution in [2.45, 2.75) is 52.1 Å². The Hall–Kier alpha value is -1.36. The number of amides is 1. The Labute approximate surface area is 114 Å². The third-order valence-electron chi connectivity index (χ3n) is 3.69. The Morgan fingerprint density at radius 2 is 2.37 bits per heavy atom. The van der Waals surface area contributed by atoms with Crippen LogP contribution in [0.15, 0.2) is 10.7 Å². The zero-order chi connectivity index (χ0) is 13.8. The van der Waals surface area contributed by atoms with E-state index in [0.29, 0.717) is 17.4 Å². The van der Waals surface area contributed by atoms with E-state index in [0.717, 1.165) is 19.5 Å². The van der Waals surface area contributed by atoms with Crippen molar-refractivity contribution in [1.29, 1.82) is 0 Å². The van der Waals surface area contributed by atoms with Gasteiger partial charge in [-0.05, 0) is 40.2 Å². The Balaban J connectivity index is 2.07. The second kappa shape index (κ2) is 6.19. The molecule has 1 saturated heterocycles. The summed E-state index contributed by atoms with van der Waals surface area (Å²) in [5.41, 5.74) is 0.574. The van der Waals surface area contributed by atoms with Gasteiger partial charge in [0.2, 0.25) is 0 Å². The number of nitrogens with zero attached hydrogens (tertiary/aromatic N) is 2. The molecule has 5 heteroatoms.